The summed E-state index contributed by atoms with van der Waals surface area (Å²) < 4.78 is 20.7. The van der Waals surface area contributed by atoms with Crippen LogP contribution in [0, 0.1) is 5.92 Å². The highest BCUT2D eigenvalue weighted by molar-refractivity contribution is 5.47. The average molecular weight is 414 g/mol. The van der Waals surface area contributed by atoms with Crippen LogP contribution in [-0.4, -0.2) is 58.9 Å². The van der Waals surface area contributed by atoms with Crippen LogP contribution in [0.4, 0.5) is 16.2 Å². The lowest BCUT2D eigenvalue weighted by Gasteiger charge is -2.43. The second-order valence-electron chi connectivity index (χ2n) is 8.65. The van der Waals surface area contributed by atoms with Crippen molar-refractivity contribution in [3.8, 4) is 5.88 Å². The van der Waals surface area contributed by atoms with E-state index in [1.807, 2.05) is 21.6 Å². The molecule has 160 valence electrons. The maximum Gasteiger partial charge on any atom is 0.255 e. The zero-order valence-corrected chi connectivity index (χ0v) is 17.1. The highest BCUT2D eigenvalue weighted by atomic mass is 19.1. The summed E-state index contributed by atoms with van der Waals surface area (Å²) >= 11 is 0. The Morgan fingerprint density at radius 1 is 1.23 bits per heavy atom. The fraction of sp³-hybridized carbons (Fsp3) is 0.571. The van der Waals surface area contributed by atoms with Crippen LogP contribution in [0.1, 0.15) is 30.0 Å². The minimum absolute atomic E-state index is 0.0749. The number of hydrogen-bond donors (Lipinski definition) is 1. The van der Waals surface area contributed by atoms with E-state index in [1.54, 1.807) is 7.11 Å². The van der Waals surface area contributed by atoms with E-state index in [9.17, 15) is 9.18 Å². The van der Waals surface area contributed by atoms with Gasteiger partial charge in [-0.1, -0.05) is 6.07 Å². The minimum atomic E-state index is -0.773. The first kappa shape index (κ1) is 19.3. The molecule has 2 fully saturated rings. The monoisotopic (exact) mass is 414 g/mol. The number of halogens is 1. The second kappa shape index (κ2) is 7.54. The van der Waals surface area contributed by atoms with Crippen LogP contribution >= 0.6 is 0 Å². The molecular weight excluding hydrogens is 387 g/mol. The molecule has 2 aromatic heterocycles. The lowest BCUT2D eigenvalue weighted by atomic mass is 9.83. The fourth-order valence-electron chi connectivity index (χ4n) is 5.17. The third kappa shape index (κ3) is 3.51. The summed E-state index contributed by atoms with van der Waals surface area (Å²) in [5.74, 6) is 2.01. The number of aromatic nitrogens is 3. The molecule has 2 bridgehead atoms. The van der Waals surface area contributed by atoms with Gasteiger partial charge in [-0.3, -0.25) is 9.69 Å². The predicted octanol–water partition coefficient (Wildman–Crippen LogP) is 1.40. The van der Waals surface area contributed by atoms with Gasteiger partial charge in [-0.25, -0.2) is 4.39 Å². The number of nitrogen functional groups attached to an aromatic ring is 1. The number of rotatable bonds is 4. The van der Waals surface area contributed by atoms with Gasteiger partial charge in [0.1, 0.15) is 12.0 Å². The third-order valence-corrected chi connectivity index (χ3v) is 6.53. The van der Waals surface area contributed by atoms with Crippen LogP contribution in [0.2, 0.25) is 0 Å². The molecule has 3 atom stereocenters. The van der Waals surface area contributed by atoms with Crippen molar-refractivity contribution in [3.63, 3.8) is 0 Å². The van der Waals surface area contributed by atoms with Gasteiger partial charge in [0.25, 0.3) is 5.56 Å². The Hall–Kier alpha value is -2.68. The van der Waals surface area contributed by atoms with Crippen molar-refractivity contribution < 1.29 is 9.13 Å². The summed E-state index contributed by atoms with van der Waals surface area (Å²) in [6.45, 7) is 3.94. The van der Waals surface area contributed by atoms with E-state index < -0.39 is 6.17 Å². The Kier molecular flexibility index (Phi) is 4.85. The van der Waals surface area contributed by atoms with Gasteiger partial charge in [-0.15, -0.1) is 0 Å². The van der Waals surface area contributed by atoms with Crippen LogP contribution in [-0.2, 0) is 13.1 Å². The SMILES string of the molecule is COc1cc(N2C[C@@H]3C[C@H](C2)c2ccc(CN4CC[C@@H](F)C4)c(=O)n2C3)nc(N)n1. The van der Waals surface area contributed by atoms with Crippen molar-refractivity contribution in [3.05, 3.63) is 39.8 Å². The largest absolute Gasteiger partial charge is 0.481 e. The van der Waals surface area contributed by atoms with Crippen molar-refractivity contribution in [1.29, 1.82) is 0 Å². The van der Waals surface area contributed by atoms with Crippen molar-refractivity contribution >= 4 is 11.8 Å². The molecule has 0 aromatic carbocycles. The number of nitrogens with two attached hydrogens (primary N) is 1. The maximum absolute atomic E-state index is 13.5. The number of pyridine rings is 1. The normalized spacial score (nSPS) is 25.9. The molecule has 0 radical (unpaired) electrons. The van der Waals surface area contributed by atoms with E-state index in [0.29, 0.717) is 44.4 Å². The van der Waals surface area contributed by atoms with E-state index in [2.05, 4.69) is 20.9 Å². The number of alkyl halides is 1. The molecule has 5 heterocycles. The third-order valence-electron chi connectivity index (χ3n) is 6.53. The van der Waals surface area contributed by atoms with E-state index in [1.165, 1.54) is 0 Å². The number of fused-ring (bicyclic) bond motifs is 4. The van der Waals surface area contributed by atoms with Crippen molar-refractivity contribution in [1.82, 2.24) is 19.4 Å². The van der Waals surface area contributed by atoms with Gasteiger partial charge in [-0.2, -0.15) is 9.97 Å². The summed E-state index contributed by atoms with van der Waals surface area (Å²) in [6.07, 6.45) is 0.845. The molecule has 0 amide bonds. The summed E-state index contributed by atoms with van der Waals surface area (Å²) in [5, 5.41) is 0. The van der Waals surface area contributed by atoms with Crippen molar-refractivity contribution in [2.45, 2.75) is 38.0 Å². The molecular formula is C21H27FN6O2. The second-order valence-corrected chi connectivity index (χ2v) is 8.65. The Balaban J connectivity index is 1.40. The van der Waals surface area contributed by atoms with E-state index in [4.69, 9.17) is 10.5 Å². The topological polar surface area (TPSA) is 89.5 Å². The van der Waals surface area contributed by atoms with E-state index in [0.717, 1.165) is 36.6 Å². The average Bonchev–Trinajstić information content (AvgIpc) is 3.14. The van der Waals surface area contributed by atoms with Gasteiger partial charge in [0.15, 0.2) is 0 Å². The van der Waals surface area contributed by atoms with Gasteiger partial charge >= 0.3 is 0 Å². The first-order valence-corrected chi connectivity index (χ1v) is 10.5. The lowest BCUT2D eigenvalue weighted by molar-refractivity contribution is 0.270. The summed E-state index contributed by atoms with van der Waals surface area (Å²) in [7, 11) is 1.56. The molecule has 2 N–H and O–H groups in total. The van der Waals surface area contributed by atoms with Crippen molar-refractivity contribution in [2.75, 3.05) is 43.9 Å². The van der Waals surface area contributed by atoms with Crippen LogP contribution < -0.4 is 20.9 Å². The van der Waals surface area contributed by atoms with Gasteiger partial charge in [0, 0.05) is 62.5 Å². The van der Waals surface area contributed by atoms with Crippen LogP contribution in [0.3, 0.4) is 0 Å². The number of nitrogens with zero attached hydrogens (tertiary/aromatic N) is 5. The van der Waals surface area contributed by atoms with E-state index in [-0.39, 0.29) is 17.4 Å². The Morgan fingerprint density at radius 3 is 2.87 bits per heavy atom. The van der Waals surface area contributed by atoms with Crippen LogP contribution in [0.25, 0.3) is 0 Å². The molecule has 0 unspecified atom stereocenters. The molecule has 9 heteroatoms. The molecule has 8 nitrogen and oxygen atoms in total. The summed E-state index contributed by atoms with van der Waals surface area (Å²) in [4.78, 5) is 25.9. The van der Waals surface area contributed by atoms with E-state index >= 15 is 0 Å². The zero-order chi connectivity index (χ0) is 20.8. The molecule has 0 saturated carbocycles. The highest BCUT2D eigenvalue weighted by Crippen LogP contribution is 2.37. The summed E-state index contributed by atoms with van der Waals surface area (Å²) in [5.41, 5.74) is 7.75. The molecule has 5 rings (SSSR count). The Labute approximate surface area is 174 Å². The first-order valence-electron chi connectivity index (χ1n) is 10.5. The fourth-order valence-corrected chi connectivity index (χ4v) is 5.17. The van der Waals surface area contributed by atoms with Crippen LogP contribution in [0.15, 0.2) is 23.0 Å². The predicted molar refractivity (Wildman–Crippen MR) is 112 cm³/mol. The number of piperidine rings is 1. The molecule has 0 aliphatic carbocycles. The Bertz CT molecular complexity index is 1010. The molecule has 30 heavy (non-hydrogen) atoms. The van der Waals surface area contributed by atoms with Crippen LogP contribution in [0.5, 0.6) is 5.88 Å². The lowest BCUT2D eigenvalue weighted by Crippen LogP contribution is -2.48. The Morgan fingerprint density at radius 2 is 2.10 bits per heavy atom. The number of methoxy groups -OCH3 is 1. The number of likely N-dealkylation sites (tertiary alicyclic amines) is 1. The number of hydrogen-bond acceptors (Lipinski definition) is 7. The van der Waals surface area contributed by atoms with Gasteiger partial charge in [0.05, 0.1) is 7.11 Å². The maximum atomic E-state index is 13.5. The smallest absolute Gasteiger partial charge is 0.255 e. The quantitative estimate of drug-likeness (QED) is 0.809. The molecule has 3 aliphatic rings. The number of ether oxygens (including phenoxy) is 1. The zero-order valence-electron chi connectivity index (χ0n) is 17.1. The summed E-state index contributed by atoms with van der Waals surface area (Å²) in [6, 6.07) is 5.82. The van der Waals surface area contributed by atoms with Gasteiger partial charge in [0.2, 0.25) is 11.8 Å². The molecule has 2 saturated heterocycles. The standard InChI is InChI=1S/C21H27FN6O2/c1-30-19-7-18(24-21(23)25-19)27-8-13-6-15(11-27)17-3-2-14(20(29)28(17)9-13)10-26-5-4-16(22)12-26/h2-3,7,13,15-16H,4-6,8-12H2,1H3,(H2,23,24,25)/t13-,15+,16+/m0/s1. The van der Waals surface area contributed by atoms with Gasteiger partial charge in [-0.05, 0) is 24.8 Å². The molecule has 2 aromatic rings. The minimum Gasteiger partial charge on any atom is -0.481 e. The van der Waals surface area contributed by atoms with Crippen molar-refractivity contribution in [2.24, 2.45) is 5.92 Å². The van der Waals surface area contributed by atoms with Gasteiger partial charge < -0.3 is 19.9 Å². The molecule has 3 aliphatic heterocycles. The highest BCUT2D eigenvalue weighted by Gasteiger charge is 2.36. The number of anilines is 2. The molecule has 0 spiro atoms. The first-order chi connectivity index (χ1) is 14.5.